The summed E-state index contributed by atoms with van der Waals surface area (Å²) in [6.07, 6.45) is 45.2. The lowest BCUT2D eigenvalue weighted by Gasteiger charge is -2.18. The molecular formula is C50H96O6. The second-order valence-electron chi connectivity index (χ2n) is 17.3. The molecule has 0 aromatic carbocycles. The molecule has 0 aromatic rings. The number of ether oxygens (including phenoxy) is 3. The lowest BCUT2D eigenvalue weighted by Crippen LogP contribution is -2.30. The molecule has 0 fully saturated rings. The Morgan fingerprint density at radius 2 is 0.625 bits per heavy atom. The Balaban J connectivity index is 4.21. The molecule has 0 amide bonds. The highest BCUT2D eigenvalue weighted by Crippen LogP contribution is 2.17. The van der Waals surface area contributed by atoms with Crippen LogP contribution < -0.4 is 0 Å². The average Bonchev–Trinajstić information content (AvgIpc) is 3.19. The highest BCUT2D eigenvalue weighted by molar-refractivity contribution is 5.71. The fourth-order valence-corrected chi connectivity index (χ4v) is 7.48. The van der Waals surface area contributed by atoms with Crippen molar-refractivity contribution in [2.24, 2.45) is 5.92 Å². The van der Waals surface area contributed by atoms with Gasteiger partial charge in [0.1, 0.15) is 13.2 Å². The Morgan fingerprint density at radius 3 is 0.929 bits per heavy atom. The molecule has 0 aliphatic rings. The number of carbonyl (C=O) groups excluding carboxylic acids is 3. The van der Waals surface area contributed by atoms with Gasteiger partial charge in [-0.1, -0.05) is 240 Å². The van der Waals surface area contributed by atoms with E-state index in [0.29, 0.717) is 19.3 Å². The molecule has 0 saturated carbocycles. The van der Waals surface area contributed by atoms with Crippen LogP contribution in [-0.2, 0) is 28.6 Å². The summed E-state index contributed by atoms with van der Waals surface area (Å²) < 4.78 is 16.7. The van der Waals surface area contributed by atoms with E-state index in [9.17, 15) is 14.4 Å². The van der Waals surface area contributed by atoms with Crippen LogP contribution in [0, 0.1) is 5.92 Å². The van der Waals surface area contributed by atoms with E-state index < -0.39 is 6.10 Å². The molecule has 56 heavy (non-hydrogen) atoms. The van der Waals surface area contributed by atoms with Gasteiger partial charge in [0.05, 0.1) is 0 Å². The summed E-state index contributed by atoms with van der Waals surface area (Å²) in [7, 11) is 0. The highest BCUT2D eigenvalue weighted by Gasteiger charge is 2.19. The number of carbonyl (C=O) groups is 3. The number of hydrogen-bond acceptors (Lipinski definition) is 6. The minimum Gasteiger partial charge on any atom is -0.462 e. The molecule has 0 spiro atoms. The van der Waals surface area contributed by atoms with Crippen molar-refractivity contribution in [2.45, 2.75) is 284 Å². The van der Waals surface area contributed by atoms with Gasteiger partial charge in [0.2, 0.25) is 0 Å². The fourth-order valence-electron chi connectivity index (χ4n) is 7.48. The largest absolute Gasteiger partial charge is 0.462 e. The quantitative estimate of drug-likeness (QED) is 0.0347. The number of rotatable bonds is 45. The van der Waals surface area contributed by atoms with Crippen LogP contribution in [0.2, 0.25) is 0 Å². The van der Waals surface area contributed by atoms with Crippen molar-refractivity contribution in [2.75, 3.05) is 13.2 Å². The molecule has 332 valence electrons. The number of esters is 3. The predicted octanol–water partition coefficient (Wildman–Crippen LogP) is 15.9. The van der Waals surface area contributed by atoms with Crippen molar-refractivity contribution < 1.29 is 28.6 Å². The van der Waals surface area contributed by atoms with E-state index in [1.165, 1.54) is 173 Å². The molecule has 0 heterocycles. The van der Waals surface area contributed by atoms with Crippen molar-refractivity contribution in [3.63, 3.8) is 0 Å². The van der Waals surface area contributed by atoms with Gasteiger partial charge < -0.3 is 14.2 Å². The van der Waals surface area contributed by atoms with Crippen molar-refractivity contribution in [3.05, 3.63) is 0 Å². The highest BCUT2D eigenvalue weighted by atomic mass is 16.6. The maximum absolute atomic E-state index is 12.7. The van der Waals surface area contributed by atoms with Crippen molar-refractivity contribution in [1.29, 1.82) is 0 Å². The maximum atomic E-state index is 12.7. The summed E-state index contributed by atoms with van der Waals surface area (Å²) in [4.78, 5) is 37.7. The summed E-state index contributed by atoms with van der Waals surface area (Å²) in [6, 6.07) is 0. The van der Waals surface area contributed by atoms with Gasteiger partial charge in [-0.2, -0.15) is 0 Å². The zero-order chi connectivity index (χ0) is 41.0. The van der Waals surface area contributed by atoms with Crippen molar-refractivity contribution in [3.8, 4) is 0 Å². The van der Waals surface area contributed by atoms with Crippen LogP contribution in [0.1, 0.15) is 278 Å². The molecule has 1 unspecified atom stereocenters. The first-order valence-electron chi connectivity index (χ1n) is 24.9. The second-order valence-corrected chi connectivity index (χ2v) is 17.3. The fraction of sp³-hybridized carbons (Fsp3) is 0.940. The van der Waals surface area contributed by atoms with E-state index in [2.05, 4.69) is 27.7 Å². The first-order valence-corrected chi connectivity index (χ1v) is 24.9. The van der Waals surface area contributed by atoms with E-state index in [0.717, 1.165) is 63.7 Å². The van der Waals surface area contributed by atoms with Gasteiger partial charge in [0.25, 0.3) is 0 Å². The Labute approximate surface area is 348 Å². The van der Waals surface area contributed by atoms with Crippen LogP contribution in [0.3, 0.4) is 0 Å². The van der Waals surface area contributed by atoms with Gasteiger partial charge >= 0.3 is 17.9 Å². The zero-order valence-electron chi connectivity index (χ0n) is 38.1. The van der Waals surface area contributed by atoms with Crippen molar-refractivity contribution >= 4 is 17.9 Å². The van der Waals surface area contributed by atoms with Gasteiger partial charge in [0, 0.05) is 19.3 Å². The molecule has 0 bridgehead atoms. The molecule has 0 aliphatic carbocycles. The Morgan fingerprint density at radius 1 is 0.357 bits per heavy atom. The Bertz CT molecular complexity index is 843. The smallest absolute Gasteiger partial charge is 0.306 e. The number of hydrogen-bond donors (Lipinski definition) is 0. The van der Waals surface area contributed by atoms with Gasteiger partial charge in [-0.05, 0) is 25.2 Å². The third-order valence-electron chi connectivity index (χ3n) is 11.7. The molecule has 0 rings (SSSR count). The topological polar surface area (TPSA) is 78.9 Å². The summed E-state index contributed by atoms with van der Waals surface area (Å²) in [5, 5.41) is 0. The van der Waals surface area contributed by atoms with Gasteiger partial charge in [0.15, 0.2) is 6.10 Å². The minimum absolute atomic E-state index is 0.0634. The normalized spacial score (nSPS) is 12.4. The number of unbranched alkanes of at least 4 members (excludes halogenated alkanes) is 31. The van der Waals surface area contributed by atoms with Gasteiger partial charge in [-0.25, -0.2) is 0 Å². The van der Waals surface area contributed by atoms with E-state index in [-0.39, 0.29) is 31.1 Å². The van der Waals surface area contributed by atoms with Crippen LogP contribution in [0.15, 0.2) is 0 Å². The van der Waals surface area contributed by atoms with E-state index in [1.807, 2.05) is 0 Å². The molecule has 0 aromatic heterocycles. The molecular weight excluding hydrogens is 697 g/mol. The van der Waals surface area contributed by atoms with E-state index in [4.69, 9.17) is 14.2 Å². The summed E-state index contributed by atoms with van der Waals surface area (Å²) in [5.74, 6) is 0.0407. The van der Waals surface area contributed by atoms with Crippen LogP contribution >= 0.6 is 0 Å². The molecule has 0 saturated heterocycles. The lowest BCUT2D eigenvalue weighted by atomic mass is 9.99. The standard InChI is InChI=1S/C50H96O6/c1-5-8-10-12-14-15-16-19-23-26-30-34-38-42-49(52)55-45-47(44-54-48(51)41-37-33-28-13-11-9-6-2)56-50(53)43-39-35-31-27-24-21-18-17-20-22-25-29-32-36-40-46(4)7-3/h46-47H,5-45H2,1-4H3/t46?,47-/m1/s1. The van der Waals surface area contributed by atoms with Crippen LogP contribution in [0.4, 0.5) is 0 Å². The molecule has 6 nitrogen and oxygen atoms in total. The van der Waals surface area contributed by atoms with E-state index in [1.54, 1.807) is 0 Å². The van der Waals surface area contributed by atoms with Crippen LogP contribution in [-0.4, -0.2) is 37.2 Å². The van der Waals surface area contributed by atoms with Gasteiger partial charge in [-0.15, -0.1) is 0 Å². The first-order chi connectivity index (χ1) is 27.4. The average molecular weight is 793 g/mol. The Kier molecular flexibility index (Phi) is 43.2. The third-order valence-corrected chi connectivity index (χ3v) is 11.7. The minimum atomic E-state index is -0.759. The summed E-state index contributed by atoms with van der Waals surface area (Å²) in [6.45, 7) is 9.02. The third kappa shape index (κ3) is 42.0. The zero-order valence-corrected chi connectivity index (χ0v) is 38.1. The SMILES string of the molecule is CCCCCCCCCCCCCCCC(=O)OC[C@@H](COC(=O)CCCCCCCCC)OC(=O)CCCCCCCCCCCCCCCCC(C)CC. The molecule has 0 radical (unpaired) electrons. The van der Waals surface area contributed by atoms with Crippen LogP contribution in [0.25, 0.3) is 0 Å². The molecule has 2 atom stereocenters. The second kappa shape index (κ2) is 44.5. The Hall–Kier alpha value is -1.59. The first kappa shape index (κ1) is 54.4. The molecule has 0 aliphatic heterocycles. The summed E-state index contributed by atoms with van der Waals surface area (Å²) in [5.41, 5.74) is 0. The lowest BCUT2D eigenvalue weighted by molar-refractivity contribution is -0.167. The monoisotopic (exact) mass is 793 g/mol. The van der Waals surface area contributed by atoms with Crippen molar-refractivity contribution in [1.82, 2.24) is 0 Å². The van der Waals surface area contributed by atoms with E-state index >= 15 is 0 Å². The van der Waals surface area contributed by atoms with Gasteiger partial charge in [-0.3, -0.25) is 14.4 Å². The maximum Gasteiger partial charge on any atom is 0.306 e. The molecule has 6 heteroatoms. The molecule has 0 N–H and O–H groups in total. The predicted molar refractivity (Wildman–Crippen MR) is 238 cm³/mol. The summed E-state index contributed by atoms with van der Waals surface area (Å²) >= 11 is 0. The van der Waals surface area contributed by atoms with Crippen LogP contribution in [0.5, 0.6) is 0 Å².